The molecule has 5 heteroatoms. The average Bonchev–Trinajstić information content (AvgIpc) is 2.43. The molecule has 0 saturated carbocycles. The maximum Gasteiger partial charge on any atom is 0.169 e. The third-order valence-electron chi connectivity index (χ3n) is 3.31. The molecule has 0 bridgehead atoms. The summed E-state index contributed by atoms with van der Waals surface area (Å²) in [6, 6.07) is 4.71. The van der Waals surface area contributed by atoms with Crippen LogP contribution in [0.1, 0.15) is 30.9 Å². The first kappa shape index (κ1) is 13.3. The van der Waals surface area contributed by atoms with E-state index < -0.39 is 0 Å². The minimum Gasteiger partial charge on any atom is -0.494 e. The lowest BCUT2D eigenvalue weighted by atomic mass is 9.95. The smallest absolute Gasteiger partial charge is 0.169 e. The molecule has 0 radical (unpaired) electrons. The van der Waals surface area contributed by atoms with Crippen molar-refractivity contribution in [3.05, 3.63) is 29.6 Å². The van der Waals surface area contributed by atoms with Gasteiger partial charge in [-0.3, -0.25) is 11.3 Å². The Balaban J connectivity index is 2.26. The van der Waals surface area contributed by atoms with Crippen LogP contribution in [0.15, 0.2) is 18.2 Å². The van der Waals surface area contributed by atoms with Crippen LogP contribution in [0.5, 0.6) is 5.75 Å². The van der Waals surface area contributed by atoms with E-state index in [1.54, 1.807) is 18.2 Å². The number of rotatable bonds is 4. The highest BCUT2D eigenvalue weighted by molar-refractivity contribution is 5.33. The fourth-order valence-electron chi connectivity index (χ4n) is 2.35. The van der Waals surface area contributed by atoms with E-state index in [9.17, 15) is 4.39 Å². The molecule has 0 spiro atoms. The van der Waals surface area contributed by atoms with E-state index in [1.807, 2.05) is 0 Å². The van der Waals surface area contributed by atoms with Crippen LogP contribution < -0.4 is 16.0 Å². The molecule has 2 atom stereocenters. The highest BCUT2D eigenvalue weighted by atomic mass is 19.1. The Labute approximate surface area is 106 Å². The van der Waals surface area contributed by atoms with Crippen LogP contribution in [0.3, 0.4) is 0 Å². The normalized spacial score (nSPS) is 21.6. The van der Waals surface area contributed by atoms with Gasteiger partial charge in [0, 0.05) is 12.2 Å². The van der Waals surface area contributed by atoms with E-state index in [0.717, 1.165) is 19.3 Å². The number of hydrogen-bond donors (Lipinski definition) is 2. The molecule has 4 nitrogen and oxygen atoms in total. The molecule has 1 fully saturated rings. The lowest BCUT2D eigenvalue weighted by molar-refractivity contribution is -0.00899. The predicted octanol–water partition coefficient (Wildman–Crippen LogP) is 1.91. The summed E-state index contributed by atoms with van der Waals surface area (Å²) in [6.45, 7) is 0.703. The molecule has 1 aliphatic rings. The molecule has 1 aliphatic heterocycles. The summed E-state index contributed by atoms with van der Waals surface area (Å²) in [5, 5.41) is 0. The van der Waals surface area contributed by atoms with Crippen molar-refractivity contribution < 1.29 is 13.9 Å². The van der Waals surface area contributed by atoms with Crippen LogP contribution in [-0.4, -0.2) is 19.8 Å². The second-order valence-electron chi connectivity index (χ2n) is 4.41. The maximum atomic E-state index is 14.2. The summed E-state index contributed by atoms with van der Waals surface area (Å²) in [5.41, 5.74) is 3.15. The zero-order valence-corrected chi connectivity index (χ0v) is 10.5. The average molecular weight is 254 g/mol. The number of nitrogens with one attached hydrogen (secondary N) is 1. The molecule has 1 aromatic carbocycles. The second-order valence-corrected chi connectivity index (χ2v) is 4.41. The Bertz CT molecular complexity index is 395. The Kier molecular flexibility index (Phi) is 4.52. The van der Waals surface area contributed by atoms with Gasteiger partial charge in [0.15, 0.2) is 11.6 Å². The molecule has 0 aromatic heterocycles. The van der Waals surface area contributed by atoms with Crippen molar-refractivity contribution in [3.63, 3.8) is 0 Å². The first-order chi connectivity index (χ1) is 8.77. The van der Waals surface area contributed by atoms with Crippen molar-refractivity contribution in [3.8, 4) is 5.75 Å². The Morgan fingerprint density at radius 3 is 2.94 bits per heavy atom. The van der Waals surface area contributed by atoms with E-state index in [0.29, 0.717) is 12.2 Å². The molecular weight excluding hydrogens is 235 g/mol. The minimum absolute atomic E-state index is 0.0923. The van der Waals surface area contributed by atoms with Gasteiger partial charge in [0.25, 0.3) is 0 Å². The van der Waals surface area contributed by atoms with Gasteiger partial charge >= 0.3 is 0 Å². The number of nitrogens with two attached hydrogens (primary N) is 1. The van der Waals surface area contributed by atoms with Crippen molar-refractivity contribution in [2.24, 2.45) is 5.84 Å². The van der Waals surface area contributed by atoms with Crippen LogP contribution in [0.2, 0.25) is 0 Å². The van der Waals surface area contributed by atoms with Crippen LogP contribution in [0.4, 0.5) is 4.39 Å². The van der Waals surface area contributed by atoms with Crippen molar-refractivity contribution in [1.82, 2.24) is 5.43 Å². The quantitative estimate of drug-likeness (QED) is 0.636. The summed E-state index contributed by atoms with van der Waals surface area (Å²) in [7, 11) is 1.45. The van der Waals surface area contributed by atoms with Gasteiger partial charge in [-0.2, -0.15) is 0 Å². The number of halogens is 1. The summed E-state index contributed by atoms with van der Waals surface area (Å²) < 4.78 is 24.8. The summed E-state index contributed by atoms with van der Waals surface area (Å²) >= 11 is 0. The number of methoxy groups -OCH3 is 1. The molecule has 3 N–H and O–H groups in total. The van der Waals surface area contributed by atoms with E-state index in [2.05, 4.69) is 5.43 Å². The largest absolute Gasteiger partial charge is 0.494 e. The van der Waals surface area contributed by atoms with Gasteiger partial charge in [0.2, 0.25) is 0 Å². The van der Waals surface area contributed by atoms with Gasteiger partial charge < -0.3 is 9.47 Å². The molecule has 1 heterocycles. The van der Waals surface area contributed by atoms with Gasteiger partial charge in [0.1, 0.15) is 0 Å². The number of hydrazine groups is 1. The fourth-order valence-corrected chi connectivity index (χ4v) is 2.35. The van der Waals surface area contributed by atoms with E-state index in [-0.39, 0.29) is 23.7 Å². The molecule has 18 heavy (non-hydrogen) atoms. The molecule has 2 unspecified atom stereocenters. The summed E-state index contributed by atoms with van der Waals surface area (Å²) in [5.74, 6) is 5.41. The molecular formula is C13H19FN2O2. The zero-order valence-electron chi connectivity index (χ0n) is 10.5. The molecule has 0 aliphatic carbocycles. The van der Waals surface area contributed by atoms with Crippen LogP contribution in [0.25, 0.3) is 0 Å². The fraction of sp³-hybridized carbons (Fsp3) is 0.538. The molecule has 1 aromatic rings. The van der Waals surface area contributed by atoms with Crippen LogP contribution >= 0.6 is 0 Å². The van der Waals surface area contributed by atoms with Gasteiger partial charge in [-0.25, -0.2) is 4.39 Å². The van der Waals surface area contributed by atoms with Gasteiger partial charge in [-0.15, -0.1) is 0 Å². The topological polar surface area (TPSA) is 56.5 Å². The highest BCUT2D eigenvalue weighted by Crippen LogP contribution is 2.30. The van der Waals surface area contributed by atoms with E-state index >= 15 is 0 Å². The lowest BCUT2D eigenvalue weighted by Gasteiger charge is -2.30. The number of ether oxygens (including phenoxy) is 2. The van der Waals surface area contributed by atoms with Crippen molar-refractivity contribution in [1.29, 1.82) is 0 Å². The van der Waals surface area contributed by atoms with E-state index in [4.69, 9.17) is 15.3 Å². The Morgan fingerprint density at radius 2 is 2.33 bits per heavy atom. The summed E-state index contributed by atoms with van der Waals surface area (Å²) in [4.78, 5) is 0. The van der Waals surface area contributed by atoms with Crippen LogP contribution in [-0.2, 0) is 4.74 Å². The van der Waals surface area contributed by atoms with E-state index in [1.165, 1.54) is 7.11 Å². The van der Waals surface area contributed by atoms with Gasteiger partial charge in [-0.05, 0) is 25.3 Å². The summed E-state index contributed by atoms with van der Waals surface area (Å²) in [6.07, 6.45) is 2.92. The Hall–Kier alpha value is -1.17. The second kappa shape index (κ2) is 6.13. The van der Waals surface area contributed by atoms with Crippen molar-refractivity contribution in [2.45, 2.75) is 31.4 Å². The Morgan fingerprint density at radius 1 is 1.50 bits per heavy atom. The monoisotopic (exact) mass is 254 g/mol. The standard InChI is InChI=1S/C13H19FN2O2/c1-17-10-7-4-5-9(12(10)14)13(16-15)11-6-2-3-8-18-11/h4-5,7,11,13,16H,2-3,6,8,15H2,1H3. The van der Waals surface area contributed by atoms with Gasteiger partial charge in [0.05, 0.1) is 19.3 Å². The number of benzene rings is 1. The molecule has 2 rings (SSSR count). The number of hydrogen-bond acceptors (Lipinski definition) is 4. The SMILES string of the molecule is COc1cccc(C(NN)C2CCCCO2)c1F. The molecule has 0 amide bonds. The predicted molar refractivity (Wildman–Crippen MR) is 66.6 cm³/mol. The molecule has 1 saturated heterocycles. The third kappa shape index (κ3) is 2.63. The minimum atomic E-state index is -0.378. The lowest BCUT2D eigenvalue weighted by Crippen LogP contribution is -2.40. The first-order valence-electron chi connectivity index (χ1n) is 6.18. The highest BCUT2D eigenvalue weighted by Gasteiger charge is 2.28. The first-order valence-corrected chi connectivity index (χ1v) is 6.18. The molecule has 100 valence electrons. The van der Waals surface area contributed by atoms with Crippen LogP contribution in [0, 0.1) is 5.82 Å². The van der Waals surface area contributed by atoms with Gasteiger partial charge in [-0.1, -0.05) is 12.1 Å². The maximum absolute atomic E-state index is 14.2. The van der Waals surface area contributed by atoms with Crippen molar-refractivity contribution in [2.75, 3.05) is 13.7 Å². The van der Waals surface area contributed by atoms with Crippen molar-refractivity contribution >= 4 is 0 Å². The zero-order chi connectivity index (χ0) is 13.0. The third-order valence-corrected chi connectivity index (χ3v) is 3.31.